The average molecular weight is 501 g/mol. The second kappa shape index (κ2) is 9.22. The molecule has 184 valence electrons. The van der Waals surface area contributed by atoms with Crippen molar-refractivity contribution in [1.82, 2.24) is 24.2 Å². The largest absolute Gasteiger partial charge is 0.322 e. The van der Waals surface area contributed by atoms with Crippen molar-refractivity contribution in [2.45, 2.75) is 45.3 Å². The number of carbonyl (C=O) groups excluding carboxylic acids is 1. The van der Waals surface area contributed by atoms with Crippen LogP contribution in [0, 0.1) is 13.8 Å². The van der Waals surface area contributed by atoms with Crippen molar-refractivity contribution in [3.63, 3.8) is 0 Å². The normalized spacial score (nSPS) is 19.7. The fourth-order valence-electron chi connectivity index (χ4n) is 5.77. The van der Waals surface area contributed by atoms with E-state index in [1.54, 1.807) is 6.20 Å². The van der Waals surface area contributed by atoms with E-state index < -0.39 is 0 Å². The Kier molecular flexibility index (Phi) is 5.90. The van der Waals surface area contributed by atoms with Crippen LogP contribution in [-0.4, -0.2) is 55.4 Å². The van der Waals surface area contributed by atoms with Crippen LogP contribution < -0.4 is 5.32 Å². The predicted molar refractivity (Wildman–Crippen MR) is 142 cm³/mol. The fourth-order valence-corrected chi connectivity index (χ4v) is 5.90. The van der Waals surface area contributed by atoms with Gasteiger partial charge < -0.3 is 10.2 Å². The molecule has 2 aromatic heterocycles. The molecule has 0 spiro atoms. The molecule has 2 fully saturated rings. The van der Waals surface area contributed by atoms with Gasteiger partial charge in [-0.25, -0.2) is 14.8 Å². The first-order chi connectivity index (χ1) is 17.5. The van der Waals surface area contributed by atoms with Crippen molar-refractivity contribution in [2.24, 2.45) is 0 Å². The van der Waals surface area contributed by atoms with Gasteiger partial charge in [0.25, 0.3) is 0 Å². The molecule has 6 rings (SSSR count). The van der Waals surface area contributed by atoms with Gasteiger partial charge in [-0.05, 0) is 56.0 Å². The number of nitrogens with one attached hydrogen (secondary N) is 1. The molecule has 8 heteroatoms. The summed E-state index contributed by atoms with van der Waals surface area (Å²) < 4.78 is 2.08. The first kappa shape index (κ1) is 23.0. The van der Waals surface area contributed by atoms with Gasteiger partial charge >= 0.3 is 6.03 Å². The summed E-state index contributed by atoms with van der Waals surface area (Å²) in [5.74, 6) is 0.687. The van der Waals surface area contributed by atoms with Gasteiger partial charge in [0.05, 0.1) is 11.4 Å². The van der Waals surface area contributed by atoms with Crippen LogP contribution in [0.1, 0.15) is 29.7 Å². The predicted octanol–water partition coefficient (Wildman–Crippen LogP) is 5.55. The number of imidazole rings is 1. The van der Waals surface area contributed by atoms with Crippen LogP contribution in [0.25, 0.3) is 17.0 Å². The minimum atomic E-state index is 0.0143. The number of aryl methyl sites for hydroxylation is 2. The van der Waals surface area contributed by atoms with Crippen LogP contribution in [0.15, 0.2) is 60.9 Å². The van der Waals surface area contributed by atoms with Gasteiger partial charge in [0.2, 0.25) is 5.78 Å². The van der Waals surface area contributed by atoms with Gasteiger partial charge in [-0.1, -0.05) is 41.9 Å². The van der Waals surface area contributed by atoms with Gasteiger partial charge in [0, 0.05) is 60.4 Å². The second-order valence-corrected chi connectivity index (χ2v) is 10.3. The third-order valence-corrected chi connectivity index (χ3v) is 7.75. The number of piperazine rings is 1. The van der Waals surface area contributed by atoms with E-state index in [4.69, 9.17) is 16.6 Å². The standard InChI is InChI=1S/C28H29ClN6O/c1-18-5-3-6-19(2)25(18)32-28(36)35-22-11-12-23(35)16-33(15-22)17-24-26(20-7-9-21(29)10-8-20)31-27-30-13-4-14-34(24)27/h3-10,13-14,22-23H,11-12,15-17H2,1-2H3,(H,32,36). The number of rotatable bonds is 4. The number of urea groups is 1. The van der Waals surface area contributed by atoms with Crippen molar-refractivity contribution >= 4 is 29.1 Å². The summed E-state index contributed by atoms with van der Waals surface area (Å²) in [6.45, 7) is 6.50. The molecule has 2 atom stereocenters. The van der Waals surface area contributed by atoms with Crippen LogP contribution in [0.3, 0.4) is 0 Å². The van der Waals surface area contributed by atoms with Crippen molar-refractivity contribution in [1.29, 1.82) is 0 Å². The van der Waals surface area contributed by atoms with E-state index in [1.807, 2.05) is 68.6 Å². The minimum Gasteiger partial charge on any atom is -0.316 e. The molecule has 0 aliphatic carbocycles. The Morgan fingerprint density at radius 1 is 1.03 bits per heavy atom. The Morgan fingerprint density at radius 3 is 2.42 bits per heavy atom. The SMILES string of the molecule is Cc1cccc(C)c1NC(=O)N1C2CCC1CN(Cc1c(-c3ccc(Cl)cc3)nc3ncccn13)C2. The van der Waals surface area contributed by atoms with Gasteiger partial charge in [-0.2, -0.15) is 0 Å². The summed E-state index contributed by atoms with van der Waals surface area (Å²) in [6, 6.07) is 16.3. The number of anilines is 1. The molecule has 2 unspecified atom stereocenters. The fraction of sp³-hybridized carbons (Fsp3) is 0.321. The highest BCUT2D eigenvalue weighted by Crippen LogP contribution is 2.34. The number of fused-ring (bicyclic) bond motifs is 3. The number of aromatic nitrogens is 3. The van der Waals surface area contributed by atoms with Crippen LogP contribution in [0.2, 0.25) is 5.02 Å². The number of benzene rings is 2. The van der Waals surface area contributed by atoms with Gasteiger partial charge in [-0.3, -0.25) is 9.30 Å². The molecule has 2 aliphatic heterocycles. The molecule has 0 saturated carbocycles. The number of nitrogens with zero attached hydrogens (tertiary/aromatic N) is 5. The molecule has 2 bridgehead atoms. The highest BCUT2D eigenvalue weighted by molar-refractivity contribution is 6.30. The Morgan fingerprint density at radius 2 is 1.72 bits per heavy atom. The summed E-state index contributed by atoms with van der Waals surface area (Å²) in [5, 5.41) is 3.91. The lowest BCUT2D eigenvalue weighted by Gasteiger charge is -2.41. The van der Waals surface area contributed by atoms with Crippen LogP contribution >= 0.6 is 11.6 Å². The molecular weight excluding hydrogens is 472 g/mol. The number of para-hydroxylation sites is 1. The smallest absolute Gasteiger partial charge is 0.316 e. The van der Waals surface area contributed by atoms with E-state index in [9.17, 15) is 4.79 Å². The number of halogens is 1. The highest BCUT2D eigenvalue weighted by atomic mass is 35.5. The van der Waals surface area contributed by atoms with Crippen LogP contribution in [0.4, 0.5) is 10.5 Å². The monoisotopic (exact) mass is 500 g/mol. The average Bonchev–Trinajstić information content (AvgIpc) is 3.36. The molecule has 2 aromatic carbocycles. The molecule has 2 saturated heterocycles. The molecule has 2 amide bonds. The minimum absolute atomic E-state index is 0.0143. The highest BCUT2D eigenvalue weighted by Gasteiger charge is 2.43. The zero-order chi connectivity index (χ0) is 24.8. The third kappa shape index (κ3) is 4.12. The lowest BCUT2D eigenvalue weighted by molar-refractivity contribution is 0.0894. The first-order valence-electron chi connectivity index (χ1n) is 12.4. The van der Waals surface area contributed by atoms with Gasteiger partial charge in [-0.15, -0.1) is 0 Å². The Labute approximate surface area is 215 Å². The van der Waals surface area contributed by atoms with E-state index in [2.05, 4.69) is 24.5 Å². The molecule has 2 aliphatic rings. The summed E-state index contributed by atoms with van der Waals surface area (Å²) in [7, 11) is 0. The zero-order valence-corrected chi connectivity index (χ0v) is 21.2. The number of likely N-dealkylation sites (tertiary alicyclic amines) is 1. The van der Waals surface area contributed by atoms with Gasteiger partial charge in [0.15, 0.2) is 0 Å². The maximum atomic E-state index is 13.4. The van der Waals surface area contributed by atoms with Crippen molar-refractivity contribution in [3.05, 3.63) is 82.8 Å². The molecule has 4 aromatic rings. The first-order valence-corrected chi connectivity index (χ1v) is 12.8. The molecule has 1 N–H and O–H groups in total. The Hall–Kier alpha value is -3.42. The van der Waals surface area contributed by atoms with Crippen molar-refractivity contribution in [3.8, 4) is 11.3 Å². The quantitative estimate of drug-likeness (QED) is 0.399. The Balaban J connectivity index is 1.24. The topological polar surface area (TPSA) is 65.8 Å². The number of carbonyl (C=O) groups is 1. The molecule has 0 radical (unpaired) electrons. The van der Waals surface area contributed by atoms with E-state index >= 15 is 0 Å². The maximum absolute atomic E-state index is 13.4. The number of amides is 2. The van der Waals surface area contributed by atoms with Crippen molar-refractivity contribution < 1.29 is 4.79 Å². The summed E-state index contributed by atoms with van der Waals surface area (Å²) in [5.41, 5.74) is 6.15. The summed E-state index contributed by atoms with van der Waals surface area (Å²) >= 11 is 6.14. The lowest BCUT2D eigenvalue weighted by Crippen LogP contribution is -2.56. The van der Waals surface area contributed by atoms with Crippen LogP contribution in [-0.2, 0) is 6.54 Å². The maximum Gasteiger partial charge on any atom is 0.322 e. The van der Waals surface area contributed by atoms with E-state index in [-0.39, 0.29) is 18.1 Å². The van der Waals surface area contributed by atoms with E-state index in [0.717, 1.165) is 66.2 Å². The van der Waals surface area contributed by atoms with Gasteiger partial charge in [0.1, 0.15) is 0 Å². The van der Waals surface area contributed by atoms with Crippen LogP contribution in [0.5, 0.6) is 0 Å². The molecular formula is C28H29ClN6O. The summed E-state index contributed by atoms with van der Waals surface area (Å²) in [6.07, 6.45) is 5.85. The summed E-state index contributed by atoms with van der Waals surface area (Å²) in [4.78, 5) is 27.2. The number of hydrogen-bond donors (Lipinski definition) is 1. The molecule has 7 nitrogen and oxygen atoms in total. The molecule has 36 heavy (non-hydrogen) atoms. The number of hydrogen-bond acceptors (Lipinski definition) is 4. The van der Waals surface area contributed by atoms with Crippen molar-refractivity contribution in [2.75, 3.05) is 18.4 Å². The lowest BCUT2D eigenvalue weighted by atomic mass is 10.1. The van der Waals surface area contributed by atoms with E-state index in [1.165, 1.54) is 0 Å². The molecule has 4 heterocycles. The zero-order valence-electron chi connectivity index (χ0n) is 20.5. The van der Waals surface area contributed by atoms with E-state index in [0.29, 0.717) is 10.8 Å². The Bertz CT molecular complexity index is 1400. The third-order valence-electron chi connectivity index (χ3n) is 7.50. The second-order valence-electron chi connectivity index (χ2n) is 9.89.